The molecule has 0 fully saturated rings. The van der Waals surface area contributed by atoms with Gasteiger partial charge in [-0.3, -0.25) is 0 Å². The molecule has 0 aliphatic carbocycles. The molecule has 0 aliphatic rings. The van der Waals surface area contributed by atoms with Crippen LogP contribution in [0.25, 0.3) is 0 Å². The molecule has 0 amide bonds. The zero-order chi connectivity index (χ0) is 5.21. The molecule has 0 aromatic carbocycles. The quantitative estimate of drug-likeness (QED) is 0.396. The predicted octanol–water partition coefficient (Wildman–Crippen LogP) is -6.65. The summed E-state index contributed by atoms with van der Waals surface area (Å²) in [6.45, 7) is 0. The Balaban J connectivity index is -0.00000000595. The smallest absolute Gasteiger partial charge is 0.412 e. The molecule has 0 aliphatic heterocycles. The molecule has 0 saturated carbocycles. The third kappa shape index (κ3) is 121. The van der Waals surface area contributed by atoms with Gasteiger partial charge in [-0.15, -0.1) is 0 Å². The third-order valence-electron chi connectivity index (χ3n) is 0.104. The van der Waals surface area contributed by atoms with Crippen LogP contribution >= 0.6 is 0 Å². The van der Waals surface area contributed by atoms with Gasteiger partial charge in [0.15, 0.2) is 0 Å². The minimum atomic E-state index is -4.80. The summed E-state index contributed by atoms with van der Waals surface area (Å²) in [5, 5.41) is 0. The Hall–Kier alpha value is 0.266. The molecular formula is H15CuFO10Si. The topological polar surface area (TPSA) is 259 Å². The van der Waals surface area contributed by atoms with Crippen molar-refractivity contribution in [2.45, 2.75) is 0 Å². The van der Waals surface area contributed by atoms with Crippen molar-refractivity contribution in [3.05, 3.63) is 0 Å². The van der Waals surface area contributed by atoms with Crippen molar-refractivity contribution in [1.82, 2.24) is 0 Å². The van der Waals surface area contributed by atoms with Crippen LogP contribution in [0.2, 0.25) is 0 Å². The molecule has 13 heteroatoms. The van der Waals surface area contributed by atoms with Crippen molar-refractivity contribution in [1.29, 1.82) is 0 Å². The minimum absolute atomic E-state index is 0. The van der Waals surface area contributed by atoms with E-state index in [9.17, 15) is 4.53 Å². The van der Waals surface area contributed by atoms with Gasteiger partial charge in [-0.25, -0.2) is 0 Å². The van der Waals surface area contributed by atoms with Crippen LogP contribution < -0.4 is 0 Å². The summed E-state index contributed by atoms with van der Waals surface area (Å²) >= 11 is 0. The van der Waals surface area contributed by atoms with Gasteiger partial charge in [-0.1, -0.05) is 4.53 Å². The molecule has 13 heavy (non-hydrogen) atoms. The summed E-state index contributed by atoms with van der Waals surface area (Å²) in [4.78, 5) is 22.4. The van der Waals surface area contributed by atoms with Crippen LogP contribution in [0.3, 0.4) is 0 Å². The van der Waals surface area contributed by atoms with Gasteiger partial charge in [-0.2, -0.15) is 4.63 Å². The Morgan fingerprint density at radius 2 is 0.846 bits per heavy atom. The molecule has 15 N–H and O–H groups in total. The molecule has 0 aromatic rings. The first kappa shape index (κ1) is 72.0. The summed E-state index contributed by atoms with van der Waals surface area (Å²) in [6, 6.07) is 0. The van der Waals surface area contributed by atoms with Crippen LogP contribution in [0.5, 0.6) is 0 Å². The predicted molar refractivity (Wildman–Crippen MR) is 36.3 cm³/mol. The normalized spacial score (nSPS) is 5.54. The van der Waals surface area contributed by atoms with E-state index < -0.39 is 9.05 Å². The van der Waals surface area contributed by atoms with E-state index in [1.165, 1.54) is 0 Å². The van der Waals surface area contributed by atoms with E-state index in [2.05, 4.69) is 4.63 Å². The molecule has 0 heterocycles. The number of hydrogen-bond donors (Lipinski definition) is 3. The first-order valence-corrected chi connectivity index (χ1v) is 2.78. The number of hydrogen-bond acceptors (Lipinski definition) is 4. The summed E-state index contributed by atoms with van der Waals surface area (Å²) in [7, 11) is -4.80. The van der Waals surface area contributed by atoms with E-state index >= 15 is 0 Å². The van der Waals surface area contributed by atoms with Gasteiger partial charge in [-0.05, 0) is 0 Å². The fraction of sp³-hybridized carbons (Fsp3) is 0. The maximum absolute atomic E-state index is 10.3. The Morgan fingerprint density at radius 3 is 0.846 bits per heavy atom. The average molecular weight is 286 g/mol. The Bertz CT molecular complexity index is 44.7. The fourth-order valence-corrected chi connectivity index (χ4v) is 0. The van der Waals surface area contributed by atoms with Crippen molar-refractivity contribution in [2.24, 2.45) is 0 Å². The van der Waals surface area contributed by atoms with E-state index in [1.54, 1.807) is 0 Å². The first-order valence-electron chi connectivity index (χ1n) is 1.03. The SMILES string of the molecule is O.O.O.O.O.O.O[Si](O)(O)OF.[Cu]. The van der Waals surface area contributed by atoms with Gasteiger partial charge < -0.3 is 47.2 Å². The van der Waals surface area contributed by atoms with E-state index in [4.69, 9.17) is 14.4 Å². The molecule has 10 nitrogen and oxygen atoms in total. The van der Waals surface area contributed by atoms with Gasteiger partial charge >= 0.3 is 9.05 Å². The molecule has 0 bridgehead atoms. The van der Waals surface area contributed by atoms with Gasteiger partial charge in [0.25, 0.3) is 0 Å². The molecule has 0 spiro atoms. The van der Waals surface area contributed by atoms with Crippen LogP contribution in [0.4, 0.5) is 4.53 Å². The molecule has 0 rings (SSSR count). The van der Waals surface area contributed by atoms with Crippen LogP contribution in [0, 0.1) is 0 Å². The second-order valence-corrected chi connectivity index (χ2v) is 1.95. The largest absolute Gasteiger partial charge is 0.703 e. The van der Waals surface area contributed by atoms with Crippen LogP contribution in [-0.2, 0) is 21.7 Å². The summed E-state index contributed by atoms with van der Waals surface area (Å²) in [5.74, 6) is 0. The molecule has 0 atom stereocenters. The maximum atomic E-state index is 10.3. The number of halogens is 1. The van der Waals surface area contributed by atoms with Crippen molar-refractivity contribution >= 4 is 9.05 Å². The van der Waals surface area contributed by atoms with Gasteiger partial charge in [0.1, 0.15) is 0 Å². The van der Waals surface area contributed by atoms with E-state index in [-0.39, 0.29) is 49.9 Å². The molecule has 0 saturated heterocycles. The summed E-state index contributed by atoms with van der Waals surface area (Å²) in [5.41, 5.74) is 0. The van der Waals surface area contributed by atoms with Crippen LogP contribution in [0.15, 0.2) is 0 Å². The zero-order valence-electron chi connectivity index (χ0n) is 5.93. The van der Waals surface area contributed by atoms with Gasteiger partial charge in [0, 0.05) is 17.1 Å². The van der Waals surface area contributed by atoms with E-state index in [1.807, 2.05) is 0 Å². The summed E-state index contributed by atoms with van der Waals surface area (Å²) in [6.07, 6.45) is 0. The Kier molecular flexibility index (Phi) is 163. The summed E-state index contributed by atoms with van der Waals surface area (Å²) < 4.78 is 12.6. The molecule has 0 unspecified atom stereocenters. The van der Waals surface area contributed by atoms with Crippen molar-refractivity contribution < 1.29 is 73.5 Å². The monoisotopic (exact) mass is 285 g/mol. The Morgan fingerprint density at radius 1 is 0.769 bits per heavy atom. The molecule has 0 aromatic heterocycles. The second-order valence-electron chi connectivity index (χ2n) is 0.651. The Labute approximate surface area is 83.3 Å². The molecule has 1 radical (unpaired) electrons. The van der Waals surface area contributed by atoms with E-state index in [0.29, 0.717) is 0 Å². The first-order chi connectivity index (χ1) is 2.56. The van der Waals surface area contributed by atoms with Crippen LogP contribution in [0.1, 0.15) is 0 Å². The molecule has 97 valence electrons. The minimum Gasteiger partial charge on any atom is -0.412 e. The fourth-order valence-electron chi connectivity index (χ4n) is 0. The third-order valence-corrected chi connectivity index (χ3v) is 0.311. The van der Waals surface area contributed by atoms with Crippen molar-refractivity contribution in [3.8, 4) is 0 Å². The standard InChI is InChI=1S/Cu.FH3O4Si.6H2O/c;1-5-6(2,3)4;;;;;;/h;2-4H;6*1H2. The van der Waals surface area contributed by atoms with Gasteiger partial charge in [0.05, 0.1) is 0 Å². The van der Waals surface area contributed by atoms with Crippen molar-refractivity contribution in [3.63, 3.8) is 0 Å². The van der Waals surface area contributed by atoms with Gasteiger partial charge in [0.2, 0.25) is 0 Å². The van der Waals surface area contributed by atoms with E-state index in [0.717, 1.165) is 0 Å². The average Bonchev–Trinajstić information content (AvgIpc) is 1.35. The van der Waals surface area contributed by atoms with Crippen LogP contribution in [-0.4, -0.2) is 56.3 Å². The number of rotatable bonds is 1. The maximum Gasteiger partial charge on any atom is 0.703 e. The zero-order valence-corrected chi connectivity index (χ0v) is 7.87. The van der Waals surface area contributed by atoms with Crippen molar-refractivity contribution in [2.75, 3.05) is 0 Å². The molecular weight excluding hydrogens is 271 g/mol. The second kappa shape index (κ2) is 29.5.